The van der Waals surface area contributed by atoms with E-state index >= 15 is 0 Å². The van der Waals surface area contributed by atoms with Crippen LogP contribution in [-0.4, -0.2) is 55.3 Å². The maximum Gasteiger partial charge on any atom is 0.307 e. The van der Waals surface area contributed by atoms with Crippen LogP contribution in [0.3, 0.4) is 0 Å². The highest BCUT2D eigenvalue weighted by Crippen LogP contribution is 2.08. The van der Waals surface area contributed by atoms with E-state index < -0.39 is 12.1 Å². The summed E-state index contributed by atoms with van der Waals surface area (Å²) in [6.45, 7) is 2.62. The van der Waals surface area contributed by atoms with Crippen LogP contribution >= 0.6 is 0 Å². The van der Waals surface area contributed by atoms with Crippen molar-refractivity contribution in [1.82, 2.24) is 0 Å². The van der Waals surface area contributed by atoms with Crippen molar-refractivity contribution >= 4 is 11.9 Å². The molecule has 1 unspecified atom stereocenters. The first-order chi connectivity index (χ1) is 11.7. The van der Waals surface area contributed by atoms with Crippen molar-refractivity contribution in [1.29, 1.82) is 0 Å². The largest absolute Gasteiger partial charge is 0.481 e. The van der Waals surface area contributed by atoms with Gasteiger partial charge in [-0.1, -0.05) is 49.8 Å². The minimum Gasteiger partial charge on any atom is -0.481 e. The first-order valence-electron chi connectivity index (χ1n) is 8.94. The molecule has 0 aliphatic heterocycles. The maximum atomic E-state index is 11.9. The van der Waals surface area contributed by atoms with Crippen LogP contribution in [0.5, 0.6) is 0 Å². The highest BCUT2D eigenvalue weighted by Gasteiger charge is 2.24. The van der Waals surface area contributed by atoms with Crippen molar-refractivity contribution in [2.45, 2.75) is 51.6 Å². The Morgan fingerprint density at radius 1 is 1.04 bits per heavy atom. The second-order valence-electron chi connectivity index (χ2n) is 7.10. The number of carboxylic acids is 1. The van der Waals surface area contributed by atoms with Gasteiger partial charge in [0.25, 0.3) is 0 Å². The van der Waals surface area contributed by atoms with Gasteiger partial charge >= 0.3 is 11.9 Å². The number of carboxylic acid groups (broad SMARTS) is 1. The number of esters is 1. The summed E-state index contributed by atoms with van der Waals surface area (Å²) in [6, 6.07) is 0. The van der Waals surface area contributed by atoms with Crippen LogP contribution in [0, 0.1) is 0 Å². The van der Waals surface area contributed by atoms with E-state index in [1.165, 1.54) is 0 Å². The van der Waals surface area contributed by atoms with E-state index in [1.807, 2.05) is 51.5 Å². The average Bonchev–Trinajstić information content (AvgIpc) is 2.46. The van der Waals surface area contributed by atoms with E-state index in [-0.39, 0.29) is 12.4 Å². The SMILES string of the molecule is CCC/C=C/C=C/C=C/CCCC(=O)OC(CC(=O)O)C[N+](C)(C)C. The molecule has 0 radical (unpaired) electrons. The fraction of sp³-hybridized carbons (Fsp3) is 0.600. The second-order valence-corrected chi connectivity index (χ2v) is 7.10. The summed E-state index contributed by atoms with van der Waals surface area (Å²) < 4.78 is 5.89. The van der Waals surface area contributed by atoms with Crippen molar-refractivity contribution in [3.8, 4) is 0 Å². The summed E-state index contributed by atoms with van der Waals surface area (Å²) in [7, 11) is 5.83. The number of unbranched alkanes of at least 4 members (excludes halogenated alkanes) is 2. The minimum atomic E-state index is -0.950. The molecule has 5 nitrogen and oxygen atoms in total. The van der Waals surface area contributed by atoms with Gasteiger partial charge in [-0.25, -0.2) is 0 Å². The molecule has 0 aliphatic rings. The Labute approximate surface area is 152 Å². The number of hydrogen-bond acceptors (Lipinski definition) is 3. The molecule has 142 valence electrons. The molecule has 0 saturated carbocycles. The van der Waals surface area contributed by atoms with Crippen LogP contribution in [0.15, 0.2) is 36.5 Å². The second kappa shape index (κ2) is 13.4. The van der Waals surface area contributed by atoms with Crippen molar-refractivity contribution in [3.05, 3.63) is 36.5 Å². The maximum absolute atomic E-state index is 11.9. The van der Waals surface area contributed by atoms with Crippen molar-refractivity contribution in [2.75, 3.05) is 27.7 Å². The zero-order chi connectivity index (χ0) is 19.1. The fourth-order valence-corrected chi connectivity index (χ4v) is 2.20. The zero-order valence-electron chi connectivity index (χ0n) is 16.1. The molecule has 0 bridgehead atoms. The number of hydrogen-bond donors (Lipinski definition) is 1. The molecule has 0 amide bonds. The molecule has 0 aromatic rings. The van der Waals surface area contributed by atoms with E-state index in [2.05, 4.69) is 13.0 Å². The highest BCUT2D eigenvalue weighted by molar-refractivity contribution is 5.71. The standard InChI is InChI=1S/C20H33NO4/c1-5-6-7-8-9-10-11-12-13-14-15-20(24)25-18(16-19(22)23)17-21(2,3)4/h7-12,18H,5-6,13-17H2,1-4H3/p+1/b8-7+,10-9+,12-11+. The summed E-state index contributed by atoms with van der Waals surface area (Å²) in [5, 5.41) is 8.94. The number of allylic oxidation sites excluding steroid dienone is 6. The number of rotatable bonds is 13. The van der Waals surface area contributed by atoms with Crippen LogP contribution in [0.1, 0.15) is 45.4 Å². The molecular formula is C20H34NO4+. The summed E-state index contributed by atoms with van der Waals surface area (Å²) in [5.74, 6) is -1.28. The Kier molecular flexibility index (Phi) is 12.4. The van der Waals surface area contributed by atoms with Crippen LogP contribution in [0.25, 0.3) is 0 Å². The molecule has 0 aromatic heterocycles. The first kappa shape index (κ1) is 23.1. The summed E-state index contributed by atoms with van der Waals surface area (Å²) in [6.07, 6.45) is 15.4. The molecule has 1 atom stereocenters. The highest BCUT2D eigenvalue weighted by atomic mass is 16.5. The number of quaternary nitrogens is 1. The quantitative estimate of drug-likeness (QED) is 0.237. The Balaban J connectivity index is 4.08. The normalized spacial score (nSPS) is 13.8. The van der Waals surface area contributed by atoms with Gasteiger partial charge in [0.1, 0.15) is 6.54 Å². The van der Waals surface area contributed by atoms with E-state index in [0.717, 1.165) is 19.3 Å². The smallest absolute Gasteiger partial charge is 0.307 e. The molecule has 0 aliphatic carbocycles. The Morgan fingerprint density at radius 3 is 2.16 bits per heavy atom. The van der Waals surface area contributed by atoms with Gasteiger partial charge in [0.05, 0.1) is 27.6 Å². The summed E-state index contributed by atoms with van der Waals surface area (Å²) in [5.41, 5.74) is 0. The molecule has 0 rings (SSSR count). The summed E-state index contributed by atoms with van der Waals surface area (Å²) in [4.78, 5) is 22.8. The van der Waals surface area contributed by atoms with E-state index in [9.17, 15) is 9.59 Å². The van der Waals surface area contributed by atoms with Gasteiger partial charge in [0.15, 0.2) is 6.10 Å². The van der Waals surface area contributed by atoms with Gasteiger partial charge in [0.2, 0.25) is 0 Å². The first-order valence-corrected chi connectivity index (χ1v) is 8.94. The van der Waals surface area contributed by atoms with Crippen molar-refractivity contribution in [3.63, 3.8) is 0 Å². The summed E-state index contributed by atoms with van der Waals surface area (Å²) >= 11 is 0. The van der Waals surface area contributed by atoms with Crippen LogP contribution in [0.4, 0.5) is 0 Å². The van der Waals surface area contributed by atoms with Crippen LogP contribution < -0.4 is 0 Å². The number of carbonyl (C=O) groups is 2. The Hall–Kier alpha value is -1.88. The lowest BCUT2D eigenvalue weighted by Crippen LogP contribution is -2.43. The lowest BCUT2D eigenvalue weighted by atomic mass is 10.2. The zero-order valence-corrected chi connectivity index (χ0v) is 16.1. The van der Waals surface area contributed by atoms with Gasteiger partial charge in [-0.3, -0.25) is 9.59 Å². The monoisotopic (exact) mass is 352 g/mol. The van der Waals surface area contributed by atoms with Gasteiger partial charge in [-0.2, -0.15) is 0 Å². The van der Waals surface area contributed by atoms with Crippen molar-refractivity contribution < 1.29 is 23.9 Å². The van der Waals surface area contributed by atoms with Crippen LogP contribution in [-0.2, 0) is 14.3 Å². The lowest BCUT2D eigenvalue weighted by molar-refractivity contribution is -0.873. The predicted molar refractivity (Wildman–Crippen MR) is 101 cm³/mol. The number of aliphatic carboxylic acids is 1. The molecule has 5 heteroatoms. The predicted octanol–water partition coefficient (Wildman–Crippen LogP) is 3.72. The van der Waals surface area contributed by atoms with Gasteiger partial charge in [-0.05, 0) is 19.3 Å². The minimum absolute atomic E-state index is 0.155. The lowest BCUT2D eigenvalue weighted by Gasteiger charge is -2.28. The number of carbonyl (C=O) groups excluding carboxylic acids is 1. The molecule has 25 heavy (non-hydrogen) atoms. The van der Waals surface area contributed by atoms with Gasteiger partial charge in [-0.15, -0.1) is 0 Å². The molecule has 1 N–H and O–H groups in total. The molecule has 0 heterocycles. The van der Waals surface area contributed by atoms with Crippen LogP contribution in [0.2, 0.25) is 0 Å². The van der Waals surface area contributed by atoms with Crippen molar-refractivity contribution in [2.24, 2.45) is 0 Å². The van der Waals surface area contributed by atoms with E-state index in [4.69, 9.17) is 9.84 Å². The molecule has 0 saturated heterocycles. The Bertz CT molecular complexity index is 473. The fourth-order valence-electron chi connectivity index (χ4n) is 2.20. The number of likely N-dealkylation sites (N-methyl/N-ethyl adjacent to an activating group) is 1. The van der Waals surface area contributed by atoms with E-state index in [1.54, 1.807) is 0 Å². The molecular weight excluding hydrogens is 318 g/mol. The third-order valence-corrected chi connectivity index (χ3v) is 3.26. The molecule has 0 aromatic carbocycles. The third kappa shape index (κ3) is 16.8. The van der Waals surface area contributed by atoms with Gasteiger partial charge in [0, 0.05) is 6.42 Å². The molecule has 0 spiro atoms. The average molecular weight is 352 g/mol. The number of ether oxygens (including phenoxy) is 1. The topological polar surface area (TPSA) is 63.6 Å². The van der Waals surface area contributed by atoms with Gasteiger partial charge < -0.3 is 14.3 Å². The number of nitrogens with zero attached hydrogens (tertiary/aromatic N) is 1. The Morgan fingerprint density at radius 2 is 1.64 bits per heavy atom. The third-order valence-electron chi connectivity index (χ3n) is 3.26. The van der Waals surface area contributed by atoms with E-state index in [0.29, 0.717) is 23.9 Å². The molecule has 0 fully saturated rings.